The number of amides is 1. The highest BCUT2D eigenvalue weighted by atomic mass is 35.5. The van der Waals surface area contributed by atoms with E-state index < -0.39 is 0 Å². The summed E-state index contributed by atoms with van der Waals surface area (Å²) in [6.45, 7) is 2.59. The predicted molar refractivity (Wildman–Crippen MR) is 68.8 cm³/mol. The summed E-state index contributed by atoms with van der Waals surface area (Å²) in [6, 6.07) is 5.14. The molecule has 0 aliphatic heterocycles. The second-order valence-corrected chi connectivity index (χ2v) is 4.20. The first kappa shape index (κ1) is 13.1. The smallest absolute Gasteiger partial charge is 0.246 e. The maximum atomic E-state index is 11.5. The summed E-state index contributed by atoms with van der Waals surface area (Å²) >= 11 is 11.8. The van der Waals surface area contributed by atoms with Gasteiger partial charge in [0.1, 0.15) is 0 Å². The third-order valence-corrected chi connectivity index (χ3v) is 2.79. The van der Waals surface area contributed by atoms with Crippen LogP contribution >= 0.6 is 23.2 Å². The van der Waals surface area contributed by atoms with Crippen LogP contribution in [0.4, 0.5) is 0 Å². The van der Waals surface area contributed by atoms with Crippen LogP contribution in [0.1, 0.15) is 12.5 Å². The van der Waals surface area contributed by atoms with Crippen molar-refractivity contribution < 1.29 is 4.79 Å². The second-order valence-electron chi connectivity index (χ2n) is 3.35. The lowest BCUT2D eigenvalue weighted by atomic mass is 10.2. The summed E-state index contributed by atoms with van der Waals surface area (Å²) < 4.78 is 0. The average molecular weight is 258 g/mol. The second kappa shape index (κ2) is 5.92. The lowest BCUT2D eigenvalue weighted by Crippen LogP contribution is -2.23. The van der Waals surface area contributed by atoms with E-state index in [1.54, 1.807) is 36.2 Å². The third kappa shape index (κ3) is 3.54. The van der Waals surface area contributed by atoms with Gasteiger partial charge in [-0.3, -0.25) is 4.79 Å². The molecule has 4 heteroatoms. The van der Waals surface area contributed by atoms with Gasteiger partial charge in [0.25, 0.3) is 0 Å². The Morgan fingerprint density at radius 2 is 2.12 bits per heavy atom. The standard InChI is InChI=1S/C12H13Cl2NO/c1-3-15(2)12(16)7-4-9-8-10(13)5-6-11(9)14/h4-8H,3H2,1-2H3/b7-4+. The summed E-state index contributed by atoms with van der Waals surface area (Å²) in [4.78, 5) is 13.1. The Kier molecular flexibility index (Phi) is 4.84. The van der Waals surface area contributed by atoms with Gasteiger partial charge in [-0.25, -0.2) is 0 Å². The van der Waals surface area contributed by atoms with Crippen LogP contribution in [0.2, 0.25) is 10.0 Å². The Labute approximate surface area is 105 Å². The Morgan fingerprint density at radius 1 is 1.44 bits per heavy atom. The molecule has 0 heterocycles. The van der Waals surface area contributed by atoms with Crippen molar-refractivity contribution in [3.8, 4) is 0 Å². The van der Waals surface area contributed by atoms with E-state index in [4.69, 9.17) is 23.2 Å². The van der Waals surface area contributed by atoms with Gasteiger partial charge in [-0.15, -0.1) is 0 Å². The molecular weight excluding hydrogens is 245 g/mol. The third-order valence-electron chi connectivity index (χ3n) is 2.21. The highest BCUT2D eigenvalue weighted by Gasteiger charge is 2.02. The van der Waals surface area contributed by atoms with Crippen LogP contribution in [0.5, 0.6) is 0 Å². The van der Waals surface area contributed by atoms with E-state index in [1.165, 1.54) is 6.08 Å². The van der Waals surface area contributed by atoms with E-state index in [9.17, 15) is 4.79 Å². The zero-order valence-electron chi connectivity index (χ0n) is 9.21. The number of carbonyl (C=O) groups excluding carboxylic acids is 1. The molecule has 1 aromatic carbocycles. The molecule has 16 heavy (non-hydrogen) atoms. The summed E-state index contributed by atoms with van der Waals surface area (Å²) in [5.41, 5.74) is 0.743. The molecule has 0 spiro atoms. The largest absolute Gasteiger partial charge is 0.343 e. The summed E-state index contributed by atoms with van der Waals surface area (Å²) in [5, 5.41) is 1.17. The number of hydrogen-bond donors (Lipinski definition) is 0. The molecule has 0 saturated carbocycles. The highest BCUT2D eigenvalue weighted by Crippen LogP contribution is 2.21. The van der Waals surface area contributed by atoms with Crippen molar-refractivity contribution in [2.24, 2.45) is 0 Å². The number of rotatable bonds is 3. The van der Waals surface area contributed by atoms with Gasteiger partial charge < -0.3 is 4.90 Å². The molecule has 0 bridgehead atoms. The maximum Gasteiger partial charge on any atom is 0.246 e. The molecule has 86 valence electrons. The van der Waals surface area contributed by atoms with Crippen LogP contribution in [-0.4, -0.2) is 24.4 Å². The zero-order chi connectivity index (χ0) is 12.1. The summed E-state index contributed by atoms with van der Waals surface area (Å²) in [7, 11) is 1.74. The summed E-state index contributed by atoms with van der Waals surface area (Å²) in [6.07, 6.45) is 3.16. The highest BCUT2D eigenvalue weighted by molar-refractivity contribution is 6.34. The molecule has 0 aromatic heterocycles. The lowest BCUT2D eigenvalue weighted by Gasteiger charge is -2.10. The van der Waals surface area contributed by atoms with E-state index in [2.05, 4.69) is 0 Å². The Balaban J connectivity index is 2.84. The van der Waals surface area contributed by atoms with Crippen molar-refractivity contribution in [3.05, 3.63) is 39.9 Å². The topological polar surface area (TPSA) is 20.3 Å². The molecule has 0 unspecified atom stereocenters. The minimum Gasteiger partial charge on any atom is -0.343 e. The van der Waals surface area contributed by atoms with E-state index in [0.29, 0.717) is 16.6 Å². The molecule has 0 radical (unpaired) electrons. The van der Waals surface area contributed by atoms with Crippen molar-refractivity contribution in [2.45, 2.75) is 6.92 Å². The molecule has 1 aromatic rings. The molecule has 0 aliphatic rings. The van der Waals surface area contributed by atoms with Crippen LogP contribution < -0.4 is 0 Å². The predicted octanol–water partition coefficient (Wildman–Crippen LogP) is 3.48. The van der Waals surface area contributed by atoms with Gasteiger partial charge >= 0.3 is 0 Å². The van der Waals surface area contributed by atoms with Gasteiger partial charge in [0.15, 0.2) is 0 Å². The first-order chi connectivity index (χ1) is 7.54. The lowest BCUT2D eigenvalue weighted by molar-refractivity contribution is -0.124. The first-order valence-electron chi connectivity index (χ1n) is 4.92. The average Bonchev–Trinajstić information content (AvgIpc) is 2.28. The molecule has 2 nitrogen and oxygen atoms in total. The fourth-order valence-electron chi connectivity index (χ4n) is 1.09. The Bertz CT molecular complexity index is 415. The molecule has 1 amide bonds. The van der Waals surface area contributed by atoms with Gasteiger partial charge in [-0.2, -0.15) is 0 Å². The van der Waals surface area contributed by atoms with Crippen LogP contribution in [0.25, 0.3) is 6.08 Å². The number of hydrogen-bond acceptors (Lipinski definition) is 1. The molecular formula is C12H13Cl2NO. The van der Waals surface area contributed by atoms with Gasteiger partial charge in [0.05, 0.1) is 0 Å². The quantitative estimate of drug-likeness (QED) is 0.760. The van der Waals surface area contributed by atoms with Crippen molar-refractivity contribution in [3.63, 3.8) is 0 Å². The Hall–Kier alpha value is -0.990. The normalized spacial score (nSPS) is 10.8. The SMILES string of the molecule is CCN(C)C(=O)/C=C/c1cc(Cl)ccc1Cl. The van der Waals surface area contributed by atoms with Crippen molar-refractivity contribution >= 4 is 35.2 Å². The fourth-order valence-corrected chi connectivity index (χ4v) is 1.45. The van der Waals surface area contributed by atoms with Gasteiger partial charge in [0, 0.05) is 29.7 Å². The van der Waals surface area contributed by atoms with Crippen LogP contribution in [-0.2, 0) is 4.79 Å². The van der Waals surface area contributed by atoms with E-state index in [0.717, 1.165) is 5.56 Å². The minimum absolute atomic E-state index is 0.0569. The van der Waals surface area contributed by atoms with Gasteiger partial charge in [0.2, 0.25) is 5.91 Å². The molecule has 0 saturated heterocycles. The molecule has 0 N–H and O–H groups in total. The van der Waals surface area contributed by atoms with E-state index in [1.807, 2.05) is 6.92 Å². The molecule has 0 fully saturated rings. The number of likely N-dealkylation sites (N-methyl/N-ethyl adjacent to an activating group) is 1. The minimum atomic E-state index is -0.0569. The van der Waals surface area contributed by atoms with Crippen molar-refractivity contribution in [1.82, 2.24) is 4.90 Å². The van der Waals surface area contributed by atoms with Crippen molar-refractivity contribution in [1.29, 1.82) is 0 Å². The van der Waals surface area contributed by atoms with E-state index >= 15 is 0 Å². The fraction of sp³-hybridized carbons (Fsp3) is 0.250. The number of nitrogens with zero attached hydrogens (tertiary/aromatic N) is 1. The Morgan fingerprint density at radius 3 is 2.75 bits per heavy atom. The van der Waals surface area contributed by atoms with E-state index in [-0.39, 0.29) is 5.91 Å². The monoisotopic (exact) mass is 257 g/mol. The van der Waals surface area contributed by atoms with Crippen LogP contribution in [0.3, 0.4) is 0 Å². The first-order valence-corrected chi connectivity index (χ1v) is 5.68. The zero-order valence-corrected chi connectivity index (χ0v) is 10.7. The number of carbonyl (C=O) groups is 1. The molecule has 0 aliphatic carbocycles. The van der Waals surface area contributed by atoms with Crippen molar-refractivity contribution in [2.75, 3.05) is 13.6 Å². The summed E-state index contributed by atoms with van der Waals surface area (Å²) in [5.74, 6) is -0.0569. The number of halogens is 2. The maximum absolute atomic E-state index is 11.5. The molecule has 0 atom stereocenters. The van der Waals surface area contributed by atoms with Crippen LogP contribution in [0.15, 0.2) is 24.3 Å². The van der Waals surface area contributed by atoms with Gasteiger partial charge in [-0.05, 0) is 36.8 Å². The number of benzene rings is 1. The van der Waals surface area contributed by atoms with Gasteiger partial charge in [-0.1, -0.05) is 23.2 Å². The molecule has 1 rings (SSSR count). The van der Waals surface area contributed by atoms with Crippen LogP contribution in [0, 0.1) is 0 Å².